The fourth-order valence-electron chi connectivity index (χ4n) is 3.34. The number of para-hydroxylation sites is 2. The number of tetrazole rings is 1. The van der Waals surface area contributed by atoms with Crippen molar-refractivity contribution in [2.75, 3.05) is 17.3 Å². The molecule has 4 rings (SSSR count). The van der Waals surface area contributed by atoms with Crippen LogP contribution in [-0.4, -0.2) is 39.1 Å². The number of aryl methyl sites for hydroxylation is 1. The molecule has 1 N–H and O–H groups in total. The molecule has 8 nitrogen and oxygen atoms in total. The Hall–Kier alpha value is -3.55. The van der Waals surface area contributed by atoms with Gasteiger partial charge >= 0.3 is 0 Å². The summed E-state index contributed by atoms with van der Waals surface area (Å²) in [4.78, 5) is 27.0. The van der Waals surface area contributed by atoms with E-state index in [-0.39, 0.29) is 18.2 Å². The molecule has 136 valence electrons. The lowest BCUT2D eigenvalue weighted by molar-refractivity contribution is -0.124. The number of nitrogens with one attached hydrogen (secondary N) is 1. The molecule has 1 aliphatic heterocycles. The van der Waals surface area contributed by atoms with E-state index in [2.05, 4.69) is 20.8 Å². The lowest BCUT2D eigenvalue weighted by Gasteiger charge is -2.31. The van der Waals surface area contributed by atoms with E-state index in [4.69, 9.17) is 0 Å². The number of anilines is 2. The fraction of sp³-hybridized carbons (Fsp3) is 0.211. The summed E-state index contributed by atoms with van der Waals surface area (Å²) < 4.78 is 1.54. The summed E-state index contributed by atoms with van der Waals surface area (Å²) in [7, 11) is 3.46. The molecule has 8 heteroatoms. The van der Waals surface area contributed by atoms with Gasteiger partial charge in [0.15, 0.2) is 5.82 Å². The second-order valence-corrected chi connectivity index (χ2v) is 6.43. The van der Waals surface area contributed by atoms with E-state index in [1.807, 2.05) is 42.5 Å². The SMILES string of the molecule is CN1C(=O)CC(C(=O)Nc2ccccc2-c2nnnn2C)c2ccccc21. The van der Waals surface area contributed by atoms with Crippen LogP contribution in [0.4, 0.5) is 11.4 Å². The first-order valence-corrected chi connectivity index (χ1v) is 8.54. The Morgan fingerprint density at radius 1 is 1.11 bits per heavy atom. The number of carbonyl (C=O) groups is 2. The highest BCUT2D eigenvalue weighted by Gasteiger charge is 2.33. The molecule has 1 aromatic heterocycles. The third kappa shape index (κ3) is 2.95. The zero-order valence-corrected chi connectivity index (χ0v) is 15.0. The third-order valence-corrected chi connectivity index (χ3v) is 4.79. The van der Waals surface area contributed by atoms with Crippen LogP contribution < -0.4 is 10.2 Å². The maximum atomic E-state index is 13.0. The first kappa shape index (κ1) is 16.9. The number of hydrogen-bond donors (Lipinski definition) is 1. The summed E-state index contributed by atoms with van der Waals surface area (Å²) in [6, 6.07) is 14.8. The lowest BCUT2D eigenvalue weighted by atomic mass is 9.88. The van der Waals surface area contributed by atoms with Gasteiger partial charge in [-0.25, -0.2) is 4.68 Å². The van der Waals surface area contributed by atoms with Crippen LogP contribution in [0.5, 0.6) is 0 Å². The second kappa shape index (κ2) is 6.64. The molecule has 27 heavy (non-hydrogen) atoms. The van der Waals surface area contributed by atoms with E-state index in [1.165, 1.54) is 0 Å². The molecule has 0 saturated carbocycles. The maximum absolute atomic E-state index is 13.0. The smallest absolute Gasteiger partial charge is 0.232 e. The average Bonchev–Trinajstić information content (AvgIpc) is 3.11. The highest BCUT2D eigenvalue weighted by Crippen LogP contribution is 2.36. The van der Waals surface area contributed by atoms with Crippen molar-refractivity contribution in [3.8, 4) is 11.4 Å². The largest absolute Gasteiger partial charge is 0.325 e. The van der Waals surface area contributed by atoms with Gasteiger partial charge < -0.3 is 10.2 Å². The van der Waals surface area contributed by atoms with Crippen LogP contribution >= 0.6 is 0 Å². The molecule has 1 atom stereocenters. The summed E-state index contributed by atoms with van der Waals surface area (Å²) in [6.07, 6.45) is 0.132. The van der Waals surface area contributed by atoms with Gasteiger partial charge in [0.2, 0.25) is 11.8 Å². The van der Waals surface area contributed by atoms with Crippen molar-refractivity contribution in [1.82, 2.24) is 20.2 Å². The minimum absolute atomic E-state index is 0.0837. The topological polar surface area (TPSA) is 93.0 Å². The standard InChI is InChI=1S/C19H18N6O2/c1-24-16-10-6-4-7-12(16)14(11-17(24)26)19(27)20-15-9-5-3-8-13(15)18-21-22-23-25(18)2/h3-10,14H,11H2,1-2H3,(H,20,27). The Kier molecular flexibility index (Phi) is 4.15. The molecule has 1 unspecified atom stereocenters. The average molecular weight is 362 g/mol. The van der Waals surface area contributed by atoms with Gasteiger partial charge in [0.25, 0.3) is 0 Å². The van der Waals surface area contributed by atoms with E-state index in [0.29, 0.717) is 17.1 Å². The van der Waals surface area contributed by atoms with E-state index < -0.39 is 5.92 Å². The number of amides is 2. The minimum atomic E-state index is -0.546. The predicted octanol–water partition coefficient (Wildman–Crippen LogP) is 1.97. The van der Waals surface area contributed by atoms with Crippen molar-refractivity contribution < 1.29 is 9.59 Å². The van der Waals surface area contributed by atoms with E-state index in [0.717, 1.165) is 11.3 Å². The zero-order valence-electron chi connectivity index (χ0n) is 15.0. The first-order valence-electron chi connectivity index (χ1n) is 8.54. The Labute approximate surface area is 155 Å². The Morgan fingerprint density at radius 2 is 1.85 bits per heavy atom. The van der Waals surface area contributed by atoms with Crippen LogP contribution in [0.2, 0.25) is 0 Å². The first-order chi connectivity index (χ1) is 13.1. The number of hydrogen-bond acceptors (Lipinski definition) is 5. The van der Waals surface area contributed by atoms with Gasteiger partial charge in [0, 0.05) is 31.8 Å². The van der Waals surface area contributed by atoms with Crippen LogP contribution in [0.3, 0.4) is 0 Å². The van der Waals surface area contributed by atoms with Crippen molar-refractivity contribution in [2.24, 2.45) is 7.05 Å². The third-order valence-electron chi connectivity index (χ3n) is 4.79. The number of benzene rings is 2. The Balaban J connectivity index is 1.67. The van der Waals surface area contributed by atoms with Crippen LogP contribution in [0.1, 0.15) is 17.9 Å². The van der Waals surface area contributed by atoms with Gasteiger partial charge in [-0.2, -0.15) is 0 Å². The molecule has 2 amide bonds. The van der Waals surface area contributed by atoms with Gasteiger partial charge in [-0.1, -0.05) is 30.3 Å². The van der Waals surface area contributed by atoms with Gasteiger partial charge in [-0.3, -0.25) is 9.59 Å². The fourth-order valence-corrected chi connectivity index (χ4v) is 3.34. The normalized spacial score (nSPS) is 16.1. The van der Waals surface area contributed by atoms with Gasteiger partial charge in [-0.05, 0) is 34.2 Å². The summed E-state index contributed by atoms with van der Waals surface area (Å²) in [5, 5.41) is 14.5. The molecule has 2 aromatic carbocycles. The molecule has 0 aliphatic carbocycles. The molecule has 0 saturated heterocycles. The molecule has 0 spiro atoms. The molecule has 3 aromatic rings. The van der Waals surface area contributed by atoms with E-state index in [9.17, 15) is 9.59 Å². The number of nitrogens with zero attached hydrogens (tertiary/aromatic N) is 5. The van der Waals surface area contributed by atoms with Crippen molar-refractivity contribution >= 4 is 23.2 Å². The molecule has 0 bridgehead atoms. The quantitative estimate of drug-likeness (QED) is 0.769. The molecule has 0 radical (unpaired) electrons. The minimum Gasteiger partial charge on any atom is -0.325 e. The zero-order chi connectivity index (χ0) is 19.0. The van der Waals surface area contributed by atoms with Crippen molar-refractivity contribution in [2.45, 2.75) is 12.3 Å². The number of aromatic nitrogens is 4. The summed E-state index contributed by atoms with van der Waals surface area (Å²) in [6.45, 7) is 0. The summed E-state index contributed by atoms with van der Waals surface area (Å²) in [5.41, 5.74) is 2.92. The van der Waals surface area contributed by atoms with Crippen molar-refractivity contribution in [3.05, 3.63) is 54.1 Å². The molecular weight excluding hydrogens is 344 g/mol. The Morgan fingerprint density at radius 3 is 2.63 bits per heavy atom. The van der Waals surface area contributed by atoms with Gasteiger partial charge in [0.1, 0.15) is 0 Å². The van der Waals surface area contributed by atoms with Crippen LogP contribution in [0.15, 0.2) is 48.5 Å². The molecular formula is C19H18N6O2. The van der Waals surface area contributed by atoms with E-state index in [1.54, 1.807) is 29.7 Å². The van der Waals surface area contributed by atoms with E-state index >= 15 is 0 Å². The highest BCUT2D eigenvalue weighted by atomic mass is 16.2. The van der Waals surface area contributed by atoms with Crippen molar-refractivity contribution in [1.29, 1.82) is 0 Å². The van der Waals surface area contributed by atoms with Crippen LogP contribution in [0.25, 0.3) is 11.4 Å². The summed E-state index contributed by atoms with van der Waals surface area (Å²) >= 11 is 0. The number of carbonyl (C=O) groups excluding carboxylic acids is 2. The second-order valence-electron chi connectivity index (χ2n) is 6.43. The molecule has 1 aliphatic rings. The highest BCUT2D eigenvalue weighted by molar-refractivity contribution is 6.06. The maximum Gasteiger partial charge on any atom is 0.232 e. The van der Waals surface area contributed by atoms with Gasteiger partial charge in [-0.15, -0.1) is 5.10 Å². The summed E-state index contributed by atoms with van der Waals surface area (Å²) in [5.74, 6) is -0.313. The van der Waals surface area contributed by atoms with Crippen LogP contribution in [0, 0.1) is 0 Å². The predicted molar refractivity (Wildman–Crippen MR) is 100 cm³/mol. The van der Waals surface area contributed by atoms with Crippen LogP contribution in [-0.2, 0) is 16.6 Å². The number of fused-ring (bicyclic) bond motifs is 1. The Bertz CT molecular complexity index is 1030. The molecule has 0 fully saturated rings. The number of rotatable bonds is 3. The lowest BCUT2D eigenvalue weighted by Crippen LogP contribution is -2.37. The molecule has 2 heterocycles. The van der Waals surface area contributed by atoms with Crippen molar-refractivity contribution in [3.63, 3.8) is 0 Å². The monoisotopic (exact) mass is 362 g/mol. The van der Waals surface area contributed by atoms with Gasteiger partial charge in [0.05, 0.1) is 11.6 Å².